The lowest BCUT2D eigenvalue weighted by Crippen LogP contribution is -2.14. The summed E-state index contributed by atoms with van der Waals surface area (Å²) in [5.41, 5.74) is 39.2. The third-order valence-corrected chi connectivity index (χ3v) is 25.4. The zero-order valence-corrected chi connectivity index (χ0v) is 75.9. The van der Waals surface area contributed by atoms with E-state index >= 15 is 0 Å². The summed E-state index contributed by atoms with van der Waals surface area (Å²) < 4.78 is 36.4. The molecule has 20 heteroatoms. The molecule has 18 nitrogen and oxygen atoms in total. The minimum Gasteiger partial charge on any atom is -0.491 e. The fourth-order valence-corrected chi connectivity index (χ4v) is 20.1. The van der Waals surface area contributed by atoms with Crippen molar-refractivity contribution in [1.29, 1.82) is 0 Å². The molecule has 0 N–H and O–H groups in total. The van der Waals surface area contributed by atoms with Gasteiger partial charge in [0.05, 0.1) is 67.5 Å². The van der Waals surface area contributed by atoms with Crippen molar-refractivity contribution in [3.8, 4) is 102 Å². The zero-order valence-electron chi connectivity index (χ0n) is 75.1. The maximum absolute atomic E-state index is 13.6. The Hall–Kier alpha value is -14.8. The highest BCUT2D eigenvalue weighted by atomic mass is 32.1. The number of pyridine rings is 1. The predicted molar refractivity (Wildman–Crippen MR) is 514 cm³/mol. The number of aromatic nitrogens is 16. The van der Waals surface area contributed by atoms with Crippen LogP contribution in [-0.2, 0) is 11.8 Å². The molecule has 0 bridgehead atoms. The van der Waals surface area contributed by atoms with Gasteiger partial charge >= 0.3 is 6.14 Å². The van der Waals surface area contributed by atoms with Crippen LogP contribution in [0.2, 0.25) is 0 Å². The number of halogens is 1. The van der Waals surface area contributed by atoms with Crippen LogP contribution in [0.1, 0.15) is 120 Å². The SMILES string of the molecule is CC1(C)c2ccccc2-c2cc(-n3ccnc3-c3cccc4cccnc34)ccc21.Cc1cc(C)c(-c2ccnn2-c2cccc3c2OCCC3)c(C)c1.Cc1cc(C)c(-n2c(-c3cccc4oc(F)nc34)nc(C)c2C)c(C)c1.Cc1cc(C)c(-n2ccnc2-c2cccc3nc(C)sc23)c(C)c1.Cc1cc(C)c(-n2cnnc2-c2cccc3cncnc23)c(C)c1. The second kappa shape index (κ2) is 34.6. The topological polar surface area (TPSA) is 189 Å². The predicted octanol–water partition coefficient (Wildman–Crippen LogP) is 25.7. The smallest absolute Gasteiger partial charge is 0.382 e. The molecule has 0 spiro atoms. The Morgan fingerprint density at radius 2 is 1.03 bits per heavy atom. The summed E-state index contributed by atoms with van der Waals surface area (Å²) in [6.07, 6.45) is 18.0. The lowest BCUT2D eigenvalue weighted by molar-refractivity contribution is 0.287. The van der Waals surface area contributed by atoms with E-state index in [1.807, 2.05) is 103 Å². The number of oxazole rings is 1. The third kappa shape index (κ3) is 15.8. The number of para-hydroxylation sites is 4. The molecule has 128 heavy (non-hydrogen) atoms. The van der Waals surface area contributed by atoms with Gasteiger partial charge < -0.3 is 9.15 Å². The van der Waals surface area contributed by atoms with Gasteiger partial charge in [-0.2, -0.15) is 10.1 Å². The summed E-state index contributed by atoms with van der Waals surface area (Å²) in [6.45, 7) is 37.1. The van der Waals surface area contributed by atoms with Crippen molar-refractivity contribution in [2.45, 2.75) is 136 Å². The van der Waals surface area contributed by atoms with Gasteiger partial charge in [-0.15, -0.1) is 25.9 Å². The van der Waals surface area contributed by atoms with E-state index in [4.69, 9.17) is 19.1 Å². The van der Waals surface area contributed by atoms with Gasteiger partial charge in [0.2, 0.25) is 0 Å². The van der Waals surface area contributed by atoms with Crippen molar-refractivity contribution in [2.24, 2.45) is 0 Å². The molecule has 0 saturated carbocycles. The fourth-order valence-electron chi connectivity index (χ4n) is 19.2. The number of nitrogens with zero attached hydrogens (tertiary/aromatic N) is 16. The number of fused-ring (bicyclic) bond motifs is 8. The molecule has 0 unspecified atom stereocenters. The van der Waals surface area contributed by atoms with Crippen LogP contribution in [0, 0.1) is 110 Å². The van der Waals surface area contributed by atoms with Crippen molar-refractivity contribution in [2.75, 3.05) is 6.61 Å². The quantitative estimate of drug-likeness (QED) is 0.126. The third-order valence-electron chi connectivity index (χ3n) is 24.4. The van der Waals surface area contributed by atoms with E-state index in [1.165, 1.54) is 111 Å². The van der Waals surface area contributed by atoms with Crippen LogP contribution in [0.15, 0.2) is 261 Å². The van der Waals surface area contributed by atoms with Gasteiger partial charge in [-0.05, 0) is 256 Å². The monoisotopic (exact) mass is 1700 g/mol. The molecule has 1 aliphatic heterocycles. The number of hydrogen-bond acceptors (Lipinski definition) is 14. The Labute approximate surface area is 748 Å². The average Bonchev–Trinajstić information content (AvgIpc) is 1.58. The van der Waals surface area contributed by atoms with Crippen LogP contribution >= 0.6 is 11.3 Å². The van der Waals surface area contributed by atoms with E-state index in [0.29, 0.717) is 11.1 Å². The Bertz CT molecular complexity index is 7570. The van der Waals surface area contributed by atoms with Crippen LogP contribution in [0.25, 0.3) is 139 Å². The molecule has 10 heterocycles. The minimum absolute atomic E-state index is 0.0157. The molecule has 636 valence electrons. The maximum atomic E-state index is 13.6. The van der Waals surface area contributed by atoms with E-state index in [2.05, 4.69) is 320 Å². The molecule has 0 saturated heterocycles. The first kappa shape index (κ1) is 84.1. The largest absolute Gasteiger partial charge is 0.491 e. The lowest BCUT2D eigenvalue weighted by atomic mass is 9.82. The van der Waals surface area contributed by atoms with Crippen LogP contribution < -0.4 is 4.74 Å². The van der Waals surface area contributed by atoms with Crippen LogP contribution in [0.4, 0.5) is 4.39 Å². The minimum atomic E-state index is -0.832. The van der Waals surface area contributed by atoms with E-state index in [0.717, 1.165) is 143 Å². The highest BCUT2D eigenvalue weighted by molar-refractivity contribution is 7.19. The Morgan fingerprint density at radius 3 is 1.74 bits per heavy atom. The number of hydrogen-bond donors (Lipinski definition) is 0. The van der Waals surface area contributed by atoms with E-state index < -0.39 is 6.14 Å². The maximum Gasteiger partial charge on any atom is 0.382 e. The first-order valence-electron chi connectivity index (χ1n) is 43.2. The molecule has 9 aromatic heterocycles. The van der Waals surface area contributed by atoms with Crippen molar-refractivity contribution < 1.29 is 13.5 Å². The van der Waals surface area contributed by atoms with Gasteiger partial charge in [0, 0.05) is 92.6 Å². The summed E-state index contributed by atoms with van der Waals surface area (Å²) in [5, 5.41) is 16.3. The van der Waals surface area contributed by atoms with Crippen molar-refractivity contribution in [3.05, 3.63) is 362 Å². The van der Waals surface area contributed by atoms with E-state index in [-0.39, 0.29) is 5.41 Å². The van der Waals surface area contributed by atoms with Gasteiger partial charge in [-0.25, -0.2) is 34.6 Å². The van der Waals surface area contributed by atoms with E-state index in [9.17, 15) is 4.39 Å². The van der Waals surface area contributed by atoms with E-state index in [1.54, 1.807) is 30.1 Å². The zero-order chi connectivity index (χ0) is 89.1. The molecule has 0 fully saturated rings. The number of thiazole rings is 1. The second-order valence-corrected chi connectivity index (χ2v) is 35.3. The first-order valence-corrected chi connectivity index (χ1v) is 44.0. The highest BCUT2D eigenvalue weighted by Crippen LogP contribution is 2.50. The molecule has 2 aliphatic rings. The lowest BCUT2D eigenvalue weighted by Gasteiger charge is -2.21. The van der Waals surface area contributed by atoms with Crippen molar-refractivity contribution >= 4 is 54.5 Å². The molecular formula is C108H99FN16O2S. The molecular weight excluding hydrogens is 1600 g/mol. The standard InChI is InChI=1S/C27H21N3.C21H20FN3O.C21H22N2O.C20H19N3S.C19H17N5/c1-27(2)23-11-4-3-9-20(23)22-17-19(12-13-24(22)27)30-16-15-29-26(30)21-10-5-7-18-8-6-14-28-25(18)21;1-11-9-12(2)19(13(3)10-11)25-15(5)14(4)23-20(25)16-7-6-8-17-18(16)24-21(22)26-17;1-14-12-15(2)20(16(3)13-14)18-9-10-22-23(18)19-8-4-6-17-7-5-11-24-21(17)19;1-12-10-13(2)18(14(3)11-12)23-9-8-21-20(23)16-6-5-7-17-19(16)24-15(4)22-17;1-12-7-13(2)18(14(3)8-12)24-11-22-23-19(24)16-6-4-5-15-9-20-10-21-17(15)16/h3-17H,1-2H3;6-10H,1-5H3;4,6,8-10,12-13H,5,7,11H2,1-3H3;5-11H,1-4H3;4-11H,1-3H3. The van der Waals surface area contributed by atoms with Gasteiger partial charge in [-0.1, -0.05) is 170 Å². The Morgan fingerprint density at radius 1 is 0.453 bits per heavy atom. The number of rotatable bonds is 10. The van der Waals surface area contributed by atoms with Crippen LogP contribution in [0.3, 0.4) is 0 Å². The van der Waals surface area contributed by atoms with Gasteiger partial charge in [-0.3, -0.25) is 23.3 Å². The first-order chi connectivity index (χ1) is 61.8. The molecule has 0 amide bonds. The Kier molecular flexibility index (Phi) is 22.8. The summed E-state index contributed by atoms with van der Waals surface area (Å²) in [4.78, 5) is 35.9. The molecule has 22 rings (SSSR count). The molecule has 11 aromatic carbocycles. The second-order valence-electron chi connectivity index (χ2n) is 34.1. The van der Waals surface area contributed by atoms with Gasteiger partial charge in [0.15, 0.2) is 11.4 Å². The highest BCUT2D eigenvalue weighted by Gasteiger charge is 2.36. The fraction of sp³-hybridized carbons (Fsp3) is 0.194. The number of benzene rings is 11. The summed E-state index contributed by atoms with van der Waals surface area (Å²) >= 11 is 1.73. The normalized spacial score (nSPS) is 12.3. The van der Waals surface area contributed by atoms with Gasteiger partial charge in [0.25, 0.3) is 0 Å². The molecule has 0 radical (unpaired) electrons. The van der Waals surface area contributed by atoms with Crippen molar-refractivity contribution in [1.82, 2.24) is 78.1 Å². The summed E-state index contributed by atoms with van der Waals surface area (Å²) in [7, 11) is 0. The average molecular weight is 1700 g/mol. The number of imidazole rings is 3. The Balaban J connectivity index is 0.000000108. The molecule has 1 aliphatic carbocycles. The summed E-state index contributed by atoms with van der Waals surface area (Å²) in [5.74, 6) is 4.39. The molecule has 0 atom stereocenters. The van der Waals surface area contributed by atoms with Crippen LogP contribution in [0.5, 0.6) is 5.75 Å². The number of ether oxygens (including phenoxy) is 1. The summed E-state index contributed by atoms with van der Waals surface area (Å²) in [6, 6.07) is 69.6. The van der Waals surface area contributed by atoms with Gasteiger partial charge in [0.1, 0.15) is 47.1 Å². The van der Waals surface area contributed by atoms with Crippen molar-refractivity contribution in [3.63, 3.8) is 0 Å². The van der Waals surface area contributed by atoms with Crippen LogP contribution in [-0.4, -0.2) is 84.7 Å². The number of aryl methyl sites for hydroxylation is 15. The molecule has 20 aromatic rings.